The van der Waals surface area contributed by atoms with E-state index in [2.05, 4.69) is 10.3 Å². The SMILES string of the molecule is CCOCCC(CC(=O)OCC)Nc1nc(Cl)ccc1N. The van der Waals surface area contributed by atoms with Gasteiger partial charge in [0, 0.05) is 19.3 Å². The van der Waals surface area contributed by atoms with E-state index in [9.17, 15) is 4.79 Å². The van der Waals surface area contributed by atoms with Crippen molar-refractivity contribution in [3.63, 3.8) is 0 Å². The Morgan fingerprint density at radius 2 is 2.19 bits per heavy atom. The van der Waals surface area contributed by atoms with Crippen LogP contribution in [-0.4, -0.2) is 36.8 Å². The van der Waals surface area contributed by atoms with Gasteiger partial charge in [-0.25, -0.2) is 4.98 Å². The first-order valence-electron chi connectivity index (χ1n) is 6.98. The maximum absolute atomic E-state index is 11.6. The fraction of sp³-hybridized carbons (Fsp3) is 0.571. The number of ether oxygens (including phenoxy) is 2. The van der Waals surface area contributed by atoms with Gasteiger partial charge in [0.15, 0.2) is 5.82 Å². The molecule has 1 rings (SSSR count). The number of nitrogens with zero attached hydrogens (tertiary/aromatic N) is 1. The van der Waals surface area contributed by atoms with Gasteiger partial charge in [0.1, 0.15) is 5.15 Å². The Hall–Kier alpha value is -1.53. The van der Waals surface area contributed by atoms with Gasteiger partial charge in [0.25, 0.3) is 0 Å². The molecule has 6 nitrogen and oxygen atoms in total. The third-order valence-corrected chi connectivity index (χ3v) is 2.98. The quantitative estimate of drug-likeness (QED) is 0.413. The normalized spacial score (nSPS) is 12.0. The van der Waals surface area contributed by atoms with Gasteiger partial charge < -0.3 is 20.5 Å². The van der Waals surface area contributed by atoms with Crippen LogP contribution in [0.2, 0.25) is 5.15 Å². The highest BCUT2D eigenvalue weighted by Gasteiger charge is 2.16. The molecule has 0 amide bonds. The Morgan fingerprint density at radius 3 is 2.86 bits per heavy atom. The molecule has 3 N–H and O–H groups in total. The third-order valence-electron chi connectivity index (χ3n) is 2.77. The number of rotatable bonds is 9. The lowest BCUT2D eigenvalue weighted by atomic mass is 10.1. The van der Waals surface area contributed by atoms with Crippen LogP contribution < -0.4 is 11.1 Å². The summed E-state index contributed by atoms with van der Waals surface area (Å²) < 4.78 is 10.3. The maximum atomic E-state index is 11.6. The topological polar surface area (TPSA) is 86.5 Å². The summed E-state index contributed by atoms with van der Waals surface area (Å²) in [6.07, 6.45) is 0.856. The lowest BCUT2D eigenvalue weighted by molar-refractivity contribution is -0.143. The van der Waals surface area contributed by atoms with E-state index in [1.165, 1.54) is 0 Å². The molecule has 1 heterocycles. The second-order valence-electron chi connectivity index (χ2n) is 4.41. The van der Waals surface area contributed by atoms with Gasteiger partial charge in [0.2, 0.25) is 0 Å². The number of carbonyl (C=O) groups excluding carboxylic acids is 1. The first kappa shape index (κ1) is 17.5. The predicted molar refractivity (Wildman–Crippen MR) is 83.4 cm³/mol. The van der Waals surface area contributed by atoms with Crippen molar-refractivity contribution in [3.8, 4) is 0 Å². The fourth-order valence-corrected chi connectivity index (χ4v) is 1.92. The number of nitrogens with one attached hydrogen (secondary N) is 1. The van der Waals surface area contributed by atoms with Crippen LogP contribution in [-0.2, 0) is 14.3 Å². The van der Waals surface area contributed by atoms with E-state index in [0.717, 1.165) is 0 Å². The fourth-order valence-electron chi connectivity index (χ4n) is 1.77. The van der Waals surface area contributed by atoms with Crippen molar-refractivity contribution in [2.75, 3.05) is 30.9 Å². The number of anilines is 2. The Kier molecular flexibility index (Phi) is 7.85. The van der Waals surface area contributed by atoms with Crippen LogP contribution >= 0.6 is 11.6 Å². The molecule has 1 atom stereocenters. The molecule has 0 radical (unpaired) electrons. The number of pyridine rings is 1. The molecule has 21 heavy (non-hydrogen) atoms. The molecule has 0 spiro atoms. The summed E-state index contributed by atoms with van der Waals surface area (Å²) in [5, 5.41) is 3.47. The molecular weight excluding hydrogens is 294 g/mol. The maximum Gasteiger partial charge on any atom is 0.307 e. The van der Waals surface area contributed by atoms with Crippen LogP contribution in [0, 0.1) is 0 Å². The predicted octanol–water partition coefficient (Wildman–Crippen LogP) is 2.48. The zero-order valence-electron chi connectivity index (χ0n) is 12.4. The second kappa shape index (κ2) is 9.41. The number of hydrogen-bond acceptors (Lipinski definition) is 6. The summed E-state index contributed by atoms with van der Waals surface area (Å²) in [6, 6.07) is 3.11. The molecule has 0 aromatic carbocycles. The number of nitrogen functional groups attached to an aromatic ring is 1. The van der Waals surface area contributed by atoms with Crippen LogP contribution in [0.5, 0.6) is 0 Å². The molecule has 7 heteroatoms. The second-order valence-corrected chi connectivity index (χ2v) is 4.80. The van der Waals surface area contributed by atoms with Gasteiger partial charge in [-0.1, -0.05) is 11.6 Å². The highest BCUT2D eigenvalue weighted by atomic mass is 35.5. The van der Waals surface area contributed by atoms with Crippen LogP contribution in [0.15, 0.2) is 12.1 Å². The Balaban J connectivity index is 2.70. The van der Waals surface area contributed by atoms with Crippen molar-refractivity contribution in [2.24, 2.45) is 0 Å². The van der Waals surface area contributed by atoms with Gasteiger partial charge in [-0.3, -0.25) is 4.79 Å². The lowest BCUT2D eigenvalue weighted by Crippen LogP contribution is -2.27. The monoisotopic (exact) mass is 315 g/mol. The van der Waals surface area contributed by atoms with Crippen molar-refractivity contribution in [1.82, 2.24) is 4.98 Å². The molecule has 0 bridgehead atoms. The van der Waals surface area contributed by atoms with Crippen molar-refractivity contribution in [3.05, 3.63) is 17.3 Å². The molecule has 0 aliphatic rings. The smallest absolute Gasteiger partial charge is 0.307 e. The highest BCUT2D eigenvalue weighted by molar-refractivity contribution is 6.29. The van der Waals surface area contributed by atoms with Crippen molar-refractivity contribution >= 4 is 29.1 Å². The molecule has 0 aliphatic heterocycles. The summed E-state index contributed by atoms with van der Waals surface area (Å²) in [5.74, 6) is 0.195. The van der Waals surface area contributed by atoms with Crippen LogP contribution in [0.3, 0.4) is 0 Å². The number of aromatic nitrogens is 1. The van der Waals surface area contributed by atoms with Crippen molar-refractivity contribution in [2.45, 2.75) is 32.7 Å². The number of carbonyl (C=O) groups is 1. The molecule has 0 saturated carbocycles. The van der Waals surface area contributed by atoms with Gasteiger partial charge in [-0.15, -0.1) is 0 Å². The summed E-state index contributed by atoms with van der Waals surface area (Å²) in [6.45, 7) is 5.22. The number of hydrogen-bond donors (Lipinski definition) is 2. The largest absolute Gasteiger partial charge is 0.466 e. The van der Waals surface area contributed by atoms with Crippen molar-refractivity contribution < 1.29 is 14.3 Å². The van der Waals surface area contributed by atoms with Crippen LogP contribution in [0.25, 0.3) is 0 Å². The van der Waals surface area contributed by atoms with E-state index >= 15 is 0 Å². The summed E-state index contributed by atoms with van der Waals surface area (Å²) in [4.78, 5) is 15.8. The van der Waals surface area contributed by atoms with E-state index in [1.807, 2.05) is 6.92 Å². The zero-order valence-corrected chi connectivity index (χ0v) is 13.2. The van der Waals surface area contributed by atoms with Gasteiger partial charge in [-0.2, -0.15) is 0 Å². The first-order valence-corrected chi connectivity index (χ1v) is 7.36. The molecule has 1 aromatic heterocycles. The number of halogens is 1. The molecule has 1 unspecified atom stereocenters. The van der Waals surface area contributed by atoms with Crippen molar-refractivity contribution in [1.29, 1.82) is 0 Å². The van der Waals surface area contributed by atoms with Crippen LogP contribution in [0.4, 0.5) is 11.5 Å². The van der Waals surface area contributed by atoms with E-state index < -0.39 is 0 Å². The molecule has 1 aromatic rings. The number of esters is 1. The average molecular weight is 316 g/mol. The van der Waals surface area contributed by atoms with Gasteiger partial charge in [-0.05, 0) is 32.4 Å². The molecule has 0 fully saturated rings. The van der Waals surface area contributed by atoms with E-state index in [4.69, 9.17) is 26.8 Å². The minimum absolute atomic E-state index is 0.177. The lowest BCUT2D eigenvalue weighted by Gasteiger charge is -2.19. The molecule has 118 valence electrons. The highest BCUT2D eigenvalue weighted by Crippen LogP contribution is 2.20. The molecule has 0 saturated heterocycles. The van der Waals surface area contributed by atoms with E-state index in [1.54, 1.807) is 19.1 Å². The van der Waals surface area contributed by atoms with E-state index in [-0.39, 0.29) is 18.4 Å². The first-order chi connectivity index (χ1) is 10.1. The van der Waals surface area contributed by atoms with Gasteiger partial charge in [0.05, 0.1) is 18.7 Å². The van der Waals surface area contributed by atoms with E-state index in [0.29, 0.717) is 42.9 Å². The minimum Gasteiger partial charge on any atom is -0.466 e. The Morgan fingerprint density at radius 1 is 1.43 bits per heavy atom. The van der Waals surface area contributed by atoms with Gasteiger partial charge >= 0.3 is 5.97 Å². The zero-order chi connectivity index (χ0) is 15.7. The summed E-state index contributed by atoms with van der Waals surface area (Å²) in [5.41, 5.74) is 6.33. The third kappa shape index (κ3) is 6.64. The Labute approximate surface area is 130 Å². The standard InChI is InChI=1S/C14H22ClN3O3/c1-3-20-8-7-10(9-13(19)21-4-2)17-14-11(16)5-6-12(15)18-14/h5-6,10H,3-4,7-9,16H2,1-2H3,(H,17,18). The van der Waals surface area contributed by atoms with Crippen LogP contribution in [0.1, 0.15) is 26.7 Å². The minimum atomic E-state index is -0.271. The molecule has 0 aliphatic carbocycles. The summed E-state index contributed by atoms with van der Waals surface area (Å²) >= 11 is 5.86. The Bertz CT molecular complexity index is 457. The average Bonchev–Trinajstić information content (AvgIpc) is 2.43. The molecular formula is C14H22ClN3O3. The number of nitrogens with two attached hydrogens (primary N) is 1. The summed E-state index contributed by atoms with van der Waals surface area (Å²) in [7, 11) is 0.